The van der Waals surface area contributed by atoms with Gasteiger partial charge in [-0.2, -0.15) is 0 Å². The monoisotopic (exact) mass is 306 g/mol. The minimum absolute atomic E-state index is 0.0180. The Kier molecular flexibility index (Phi) is 3.33. The second kappa shape index (κ2) is 5.50. The first-order valence-electron chi connectivity index (χ1n) is 7.90. The fourth-order valence-corrected chi connectivity index (χ4v) is 3.23. The topological polar surface area (TPSA) is 61.9 Å². The maximum absolute atomic E-state index is 12.9. The van der Waals surface area contributed by atoms with Crippen LogP contribution in [0.4, 0.5) is 0 Å². The molecule has 0 radical (unpaired) electrons. The van der Waals surface area contributed by atoms with Crippen molar-refractivity contribution in [1.82, 2.24) is 19.9 Å². The van der Waals surface area contributed by atoms with E-state index in [1.165, 1.54) is 0 Å². The number of fused-ring (bicyclic) bond motifs is 1. The van der Waals surface area contributed by atoms with Gasteiger partial charge in [-0.1, -0.05) is 24.3 Å². The summed E-state index contributed by atoms with van der Waals surface area (Å²) >= 11 is 0. The van der Waals surface area contributed by atoms with Gasteiger partial charge in [-0.15, -0.1) is 0 Å². The largest absolute Gasteiger partial charge is 0.344 e. The number of pyridine rings is 1. The number of H-pyrrole nitrogens is 1. The number of nitrogens with zero attached hydrogens (tertiary/aromatic N) is 3. The van der Waals surface area contributed by atoms with Crippen LogP contribution in [0.25, 0.3) is 10.9 Å². The van der Waals surface area contributed by atoms with Crippen molar-refractivity contribution in [2.24, 2.45) is 0 Å². The highest BCUT2D eigenvalue weighted by Gasteiger charge is 2.32. The molecule has 1 fully saturated rings. The number of benzene rings is 1. The number of hydrogen-bond acceptors (Lipinski definition) is 3. The number of aryl methyl sites for hydroxylation is 1. The molecule has 0 spiro atoms. The van der Waals surface area contributed by atoms with E-state index in [1.54, 1.807) is 0 Å². The molecule has 5 heteroatoms. The lowest BCUT2D eigenvalue weighted by molar-refractivity contribution is 0.0725. The molecule has 1 aromatic carbocycles. The summed E-state index contributed by atoms with van der Waals surface area (Å²) in [5.41, 5.74) is 2.37. The zero-order valence-electron chi connectivity index (χ0n) is 13.0. The number of imidazole rings is 1. The zero-order valence-corrected chi connectivity index (χ0v) is 13.0. The van der Waals surface area contributed by atoms with E-state index in [9.17, 15) is 4.79 Å². The number of carbonyl (C=O) groups excluding carboxylic acids is 1. The first-order chi connectivity index (χ1) is 11.2. The predicted molar refractivity (Wildman–Crippen MR) is 88.1 cm³/mol. The summed E-state index contributed by atoms with van der Waals surface area (Å²) in [5, 5.41) is 1.05. The summed E-state index contributed by atoms with van der Waals surface area (Å²) in [6, 6.07) is 11.6. The molecule has 2 aromatic heterocycles. The van der Waals surface area contributed by atoms with Crippen molar-refractivity contribution >= 4 is 16.8 Å². The highest BCUT2D eigenvalue weighted by atomic mass is 16.2. The van der Waals surface area contributed by atoms with Gasteiger partial charge in [-0.25, -0.2) is 9.97 Å². The average molecular weight is 306 g/mol. The maximum atomic E-state index is 12.9. The molecule has 5 nitrogen and oxygen atoms in total. The lowest BCUT2D eigenvalue weighted by Gasteiger charge is -2.23. The van der Waals surface area contributed by atoms with Crippen LogP contribution in [0.1, 0.15) is 40.9 Å². The number of rotatable bonds is 2. The van der Waals surface area contributed by atoms with Crippen LogP contribution in [-0.2, 0) is 0 Å². The van der Waals surface area contributed by atoms with Crippen LogP contribution < -0.4 is 0 Å². The Morgan fingerprint density at radius 1 is 1.26 bits per heavy atom. The summed E-state index contributed by atoms with van der Waals surface area (Å²) in [5.74, 6) is 0.849. The molecule has 4 rings (SSSR count). The van der Waals surface area contributed by atoms with Gasteiger partial charge in [-0.3, -0.25) is 4.79 Å². The number of hydrogen-bond donors (Lipinski definition) is 1. The van der Waals surface area contributed by atoms with E-state index in [0.717, 1.165) is 41.8 Å². The van der Waals surface area contributed by atoms with E-state index in [0.29, 0.717) is 5.69 Å². The molecule has 1 amide bonds. The van der Waals surface area contributed by atoms with Gasteiger partial charge in [0.25, 0.3) is 5.91 Å². The molecule has 23 heavy (non-hydrogen) atoms. The molecule has 0 aliphatic carbocycles. The summed E-state index contributed by atoms with van der Waals surface area (Å²) in [6.07, 6.45) is 3.74. The SMILES string of the molecule is Cc1cnc([C@H]2CCCN2C(=O)c2ccc3ccccc3n2)[nH]1. The van der Waals surface area contributed by atoms with E-state index < -0.39 is 0 Å². The van der Waals surface area contributed by atoms with Crippen molar-refractivity contribution in [1.29, 1.82) is 0 Å². The smallest absolute Gasteiger partial charge is 0.273 e. The lowest BCUT2D eigenvalue weighted by atomic mass is 10.1. The fraction of sp³-hybridized carbons (Fsp3) is 0.278. The molecule has 1 saturated heterocycles. The normalized spacial score (nSPS) is 17.8. The van der Waals surface area contributed by atoms with Gasteiger partial charge in [0.2, 0.25) is 0 Å². The van der Waals surface area contributed by atoms with Crippen LogP contribution in [0, 0.1) is 6.92 Å². The van der Waals surface area contributed by atoms with E-state index in [-0.39, 0.29) is 11.9 Å². The molecule has 1 aliphatic heterocycles. The molecular weight excluding hydrogens is 288 g/mol. The van der Waals surface area contributed by atoms with Gasteiger partial charge < -0.3 is 9.88 Å². The van der Waals surface area contributed by atoms with Crippen molar-refractivity contribution in [3.05, 3.63) is 59.8 Å². The van der Waals surface area contributed by atoms with E-state index in [1.807, 2.05) is 54.4 Å². The standard InChI is InChI=1S/C18H18N4O/c1-12-11-19-17(20-12)16-7-4-10-22(16)18(23)15-9-8-13-5-2-3-6-14(13)21-15/h2-3,5-6,8-9,11,16H,4,7,10H2,1H3,(H,19,20)/t16-/m1/s1. The number of aromatic nitrogens is 3. The number of aromatic amines is 1. The van der Waals surface area contributed by atoms with Crippen molar-refractivity contribution < 1.29 is 4.79 Å². The van der Waals surface area contributed by atoms with Crippen LogP contribution in [-0.4, -0.2) is 32.3 Å². The van der Waals surface area contributed by atoms with Crippen LogP contribution in [0.15, 0.2) is 42.6 Å². The average Bonchev–Trinajstić information content (AvgIpc) is 3.22. The molecule has 3 aromatic rings. The van der Waals surface area contributed by atoms with Crippen molar-refractivity contribution in [3.63, 3.8) is 0 Å². The van der Waals surface area contributed by atoms with Gasteiger partial charge in [0, 0.05) is 23.8 Å². The predicted octanol–water partition coefficient (Wildman–Crippen LogP) is 3.24. The molecular formula is C18H18N4O. The summed E-state index contributed by atoms with van der Waals surface area (Å²) in [4.78, 5) is 27.0. The van der Waals surface area contributed by atoms with Gasteiger partial charge in [0.05, 0.1) is 11.6 Å². The minimum atomic E-state index is -0.0210. The molecule has 0 saturated carbocycles. The first-order valence-corrected chi connectivity index (χ1v) is 7.90. The number of para-hydroxylation sites is 1. The second-order valence-electron chi connectivity index (χ2n) is 6.00. The van der Waals surface area contributed by atoms with Gasteiger partial charge in [0.1, 0.15) is 11.5 Å². The highest BCUT2D eigenvalue weighted by molar-refractivity contribution is 5.95. The third kappa shape index (κ3) is 2.48. The van der Waals surface area contributed by atoms with Crippen LogP contribution >= 0.6 is 0 Å². The number of nitrogens with one attached hydrogen (secondary N) is 1. The third-order valence-electron chi connectivity index (χ3n) is 4.37. The van der Waals surface area contributed by atoms with Crippen LogP contribution in [0.5, 0.6) is 0 Å². The molecule has 116 valence electrons. The Morgan fingerprint density at radius 2 is 2.13 bits per heavy atom. The zero-order chi connectivity index (χ0) is 15.8. The van der Waals surface area contributed by atoms with E-state index in [4.69, 9.17) is 0 Å². The molecule has 1 aliphatic rings. The third-order valence-corrected chi connectivity index (χ3v) is 4.37. The Labute approximate surface area is 134 Å². The molecule has 0 bridgehead atoms. The Morgan fingerprint density at radius 3 is 2.96 bits per heavy atom. The minimum Gasteiger partial charge on any atom is -0.344 e. The van der Waals surface area contributed by atoms with E-state index >= 15 is 0 Å². The summed E-state index contributed by atoms with van der Waals surface area (Å²) in [7, 11) is 0. The Bertz CT molecular complexity index is 870. The highest BCUT2D eigenvalue weighted by Crippen LogP contribution is 2.31. The van der Waals surface area contributed by atoms with E-state index in [2.05, 4.69) is 15.0 Å². The molecule has 1 N–H and O–H groups in total. The van der Waals surface area contributed by atoms with Crippen LogP contribution in [0.3, 0.4) is 0 Å². The van der Waals surface area contributed by atoms with Gasteiger partial charge >= 0.3 is 0 Å². The number of carbonyl (C=O) groups is 1. The fourth-order valence-electron chi connectivity index (χ4n) is 3.23. The molecule has 0 unspecified atom stereocenters. The molecule has 1 atom stereocenters. The number of likely N-dealkylation sites (tertiary alicyclic amines) is 1. The van der Waals surface area contributed by atoms with Crippen molar-refractivity contribution in [2.75, 3.05) is 6.54 Å². The van der Waals surface area contributed by atoms with Crippen molar-refractivity contribution in [3.8, 4) is 0 Å². The Hall–Kier alpha value is -2.69. The lowest BCUT2D eigenvalue weighted by Crippen LogP contribution is -2.31. The van der Waals surface area contributed by atoms with Crippen LogP contribution in [0.2, 0.25) is 0 Å². The maximum Gasteiger partial charge on any atom is 0.273 e. The quantitative estimate of drug-likeness (QED) is 0.790. The van der Waals surface area contributed by atoms with Gasteiger partial charge in [0.15, 0.2) is 0 Å². The second-order valence-corrected chi connectivity index (χ2v) is 6.00. The number of amides is 1. The Balaban J connectivity index is 1.66. The summed E-state index contributed by atoms with van der Waals surface area (Å²) < 4.78 is 0. The summed E-state index contributed by atoms with van der Waals surface area (Å²) in [6.45, 7) is 2.72. The van der Waals surface area contributed by atoms with Crippen molar-refractivity contribution in [2.45, 2.75) is 25.8 Å². The molecule has 3 heterocycles. The first kappa shape index (κ1) is 13.9. The van der Waals surface area contributed by atoms with Gasteiger partial charge in [-0.05, 0) is 31.9 Å².